The second-order valence-corrected chi connectivity index (χ2v) is 8.34. The van der Waals surface area contributed by atoms with E-state index in [0.29, 0.717) is 5.56 Å². The predicted molar refractivity (Wildman–Crippen MR) is 132 cm³/mol. The third-order valence-electron chi connectivity index (χ3n) is 6.71. The molecule has 1 heterocycles. The highest BCUT2D eigenvalue weighted by Crippen LogP contribution is 2.45. The zero-order valence-electron chi connectivity index (χ0n) is 20.3. The van der Waals surface area contributed by atoms with Crippen molar-refractivity contribution < 1.29 is 31.6 Å². The fourth-order valence-corrected chi connectivity index (χ4v) is 4.97. The summed E-state index contributed by atoms with van der Waals surface area (Å²) in [6, 6.07) is 7.29. The molecule has 0 spiro atoms. The molecule has 0 fully saturated rings. The zero-order chi connectivity index (χ0) is 23.5. The quantitative estimate of drug-likeness (QED) is 0.606. The van der Waals surface area contributed by atoms with Gasteiger partial charge in [0.2, 0.25) is 5.71 Å². The van der Waals surface area contributed by atoms with Gasteiger partial charge in [0.1, 0.15) is 25.0 Å². The van der Waals surface area contributed by atoms with Crippen LogP contribution in [0.4, 0.5) is 0 Å². The molecule has 2 aliphatic carbocycles. The minimum Gasteiger partial charge on any atom is -1.00 e. The van der Waals surface area contributed by atoms with E-state index < -0.39 is 5.97 Å². The Morgan fingerprint density at radius 1 is 1.06 bits per heavy atom. The largest absolute Gasteiger partial charge is 1.00 e. The molecule has 180 valence electrons. The summed E-state index contributed by atoms with van der Waals surface area (Å²) >= 11 is 0. The van der Waals surface area contributed by atoms with Gasteiger partial charge in [0.25, 0.3) is 0 Å². The first-order valence-corrected chi connectivity index (χ1v) is 11.9. The number of fused-ring (bicyclic) bond motifs is 2. The van der Waals surface area contributed by atoms with E-state index in [4.69, 9.17) is 4.74 Å². The van der Waals surface area contributed by atoms with Gasteiger partial charge in [-0.1, -0.05) is 30.4 Å². The molecule has 4 rings (SSSR count). The van der Waals surface area contributed by atoms with Crippen molar-refractivity contribution in [3.8, 4) is 0 Å². The third-order valence-corrected chi connectivity index (χ3v) is 6.71. The summed E-state index contributed by atoms with van der Waals surface area (Å²) in [6.45, 7) is 12.3. The van der Waals surface area contributed by atoms with Crippen molar-refractivity contribution in [3.05, 3.63) is 88.9 Å². The topological polar surface area (TPSA) is 52.8 Å². The molecule has 0 aromatic heterocycles. The Morgan fingerprint density at radius 3 is 2.41 bits per heavy atom. The maximum atomic E-state index is 12.1. The van der Waals surface area contributed by atoms with E-state index in [1.807, 2.05) is 12.1 Å². The monoisotopic (exact) mass is 480 g/mol. The van der Waals surface area contributed by atoms with E-state index in [1.165, 1.54) is 0 Å². The number of halogens is 1. The number of benzene rings is 1. The van der Waals surface area contributed by atoms with Crippen molar-refractivity contribution >= 4 is 17.3 Å². The Balaban J connectivity index is 0.00000324. The molecule has 2 unspecified atom stereocenters. The van der Waals surface area contributed by atoms with Crippen LogP contribution in [-0.2, 0) is 4.74 Å². The molecule has 34 heavy (non-hydrogen) atoms. The van der Waals surface area contributed by atoms with Gasteiger partial charge in [-0.05, 0) is 57.0 Å². The summed E-state index contributed by atoms with van der Waals surface area (Å²) < 4.78 is 8.88. The molecule has 0 saturated carbocycles. The molecule has 0 saturated heterocycles. The number of ether oxygens (including phenoxy) is 1. The van der Waals surface area contributed by atoms with Crippen LogP contribution in [0.5, 0.6) is 0 Å². The van der Waals surface area contributed by atoms with Gasteiger partial charge in [0.05, 0.1) is 11.5 Å². The van der Waals surface area contributed by atoms with Crippen molar-refractivity contribution in [2.24, 2.45) is 5.92 Å². The summed E-state index contributed by atoms with van der Waals surface area (Å²) in [5.41, 5.74) is 5.37. The Labute approximate surface area is 208 Å². The highest BCUT2D eigenvalue weighted by Gasteiger charge is 2.37. The average Bonchev–Trinajstić information content (AvgIpc) is 2.84. The number of carboxylic acids is 1. The first kappa shape index (κ1) is 25.6. The molecule has 5 nitrogen and oxygen atoms in total. The number of nitrogens with zero attached hydrogens (tertiary/aromatic N) is 2. The van der Waals surface area contributed by atoms with E-state index in [9.17, 15) is 9.90 Å². The average molecular weight is 481 g/mol. The Kier molecular flexibility index (Phi) is 8.21. The number of hydrogen-bond donors (Lipinski definition) is 1. The van der Waals surface area contributed by atoms with Crippen LogP contribution in [0.15, 0.2) is 77.8 Å². The second-order valence-electron chi connectivity index (χ2n) is 8.34. The predicted octanol–water partition coefficient (Wildman–Crippen LogP) is 1.90. The minimum absolute atomic E-state index is 0. The van der Waals surface area contributed by atoms with Crippen LogP contribution in [0, 0.1) is 5.92 Å². The molecule has 0 bridgehead atoms. The number of carbonyl (C=O) groups is 1. The second kappa shape index (κ2) is 10.9. The lowest BCUT2D eigenvalue weighted by molar-refractivity contribution is -0.519. The molecular formula is C28H33ClN2O3. The van der Waals surface area contributed by atoms with Crippen molar-refractivity contribution in [2.45, 2.75) is 33.8 Å². The molecule has 1 aliphatic heterocycles. The van der Waals surface area contributed by atoms with Gasteiger partial charge in [0, 0.05) is 36.5 Å². The molecular weight excluding hydrogens is 448 g/mol. The smallest absolute Gasteiger partial charge is 0.336 e. The third kappa shape index (κ3) is 4.62. The fourth-order valence-electron chi connectivity index (χ4n) is 4.97. The minimum atomic E-state index is -0.915. The van der Waals surface area contributed by atoms with Crippen LogP contribution in [-0.4, -0.2) is 58.5 Å². The van der Waals surface area contributed by atoms with E-state index in [2.05, 4.69) is 73.6 Å². The summed E-state index contributed by atoms with van der Waals surface area (Å²) in [4.78, 5) is 14.4. The Hall–Kier alpha value is -3.05. The number of hydrogen-bond acceptors (Lipinski definition) is 3. The molecule has 6 heteroatoms. The maximum Gasteiger partial charge on any atom is 0.336 e. The number of aromatic carboxylic acids is 1. The lowest BCUT2D eigenvalue weighted by Crippen LogP contribution is -3.00. The van der Waals surface area contributed by atoms with E-state index in [-0.39, 0.29) is 24.4 Å². The lowest BCUT2D eigenvalue weighted by atomic mass is 9.78. The van der Waals surface area contributed by atoms with Crippen LogP contribution in [0.2, 0.25) is 0 Å². The molecule has 3 aliphatic rings. The summed E-state index contributed by atoms with van der Waals surface area (Å²) in [6.07, 6.45) is 12.6. The highest BCUT2D eigenvalue weighted by molar-refractivity contribution is 6.03. The molecule has 0 radical (unpaired) electrons. The van der Waals surface area contributed by atoms with Crippen LogP contribution in [0.3, 0.4) is 0 Å². The van der Waals surface area contributed by atoms with Crippen molar-refractivity contribution in [1.29, 1.82) is 0 Å². The molecule has 2 atom stereocenters. The van der Waals surface area contributed by atoms with Crippen molar-refractivity contribution in [3.63, 3.8) is 0 Å². The number of carboxylic acid groups (broad SMARTS) is 1. The maximum absolute atomic E-state index is 12.1. The normalized spacial score (nSPS) is 20.4. The van der Waals surface area contributed by atoms with E-state index in [0.717, 1.165) is 60.1 Å². The number of likely N-dealkylation sites (N-methyl/N-ethyl adjacent to an activating group) is 1. The molecule has 1 N–H and O–H groups in total. The van der Waals surface area contributed by atoms with Gasteiger partial charge >= 0.3 is 5.97 Å². The van der Waals surface area contributed by atoms with Crippen molar-refractivity contribution in [1.82, 2.24) is 4.90 Å². The van der Waals surface area contributed by atoms with E-state index in [1.54, 1.807) is 12.1 Å². The van der Waals surface area contributed by atoms with Gasteiger partial charge in [-0.25, -0.2) is 9.37 Å². The lowest BCUT2D eigenvalue weighted by Gasteiger charge is -2.37. The highest BCUT2D eigenvalue weighted by atomic mass is 35.5. The van der Waals surface area contributed by atoms with Crippen LogP contribution in [0.25, 0.3) is 5.57 Å². The van der Waals surface area contributed by atoms with Gasteiger partial charge in [-0.15, -0.1) is 0 Å². The van der Waals surface area contributed by atoms with Gasteiger partial charge in [-0.3, -0.25) is 0 Å². The first-order valence-electron chi connectivity index (χ1n) is 11.9. The summed E-state index contributed by atoms with van der Waals surface area (Å²) in [7, 11) is 0. The summed E-state index contributed by atoms with van der Waals surface area (Å²) in [5.74, 6) is -0.167. The van der Waals surface area contributed by atoms with Crippen LogP contribution >= 0.6 is 0 Å². The summed E-state index contributed by atoms with van der Waals surface area (Å²) in [5, 5.41) is 9.91. The first-order chi connectivity index (χ1) is 16.0. The van der Waals surface area contributed by atoms with Crippen LogP contribution < -0.4 is 12.4 Å². The Morgan fingerprint density at radius 2 is 1.76 bits per heavy atom. The Bertz CT molecular complexity index is 1130. The number of allylic oxidation sites excluding steroid dienone is 4. The van der Waals surface area contributed by atoms with Gasteiger partial charge in [-0.2, -0.15) is 0 Å². The fraction of sp³-hybridized carbons (Fsp3) is 0.357. The standard InChI is InChI=1S/C28H32N2O3.ClH/c1-5-29(6-2)19-13-15-23-25(17-19)33-26-18-20(30(7-3)8-4)14-16-24(26)27(23)21-11-9-10-12-22(21)28(31)32;/h9-18,23,26H,5-8H2,1-4H3;1H. The molecule has 1 aromatic rings. The molecule has 1 aromatic carbocycles. The van der Waals surface area contributed by atoms with E-state index >= 15 is 0 Å². The van der Waals surface area contributed by atoms with Gasteiger partial charge < -0.3 is 27.2 Å². The van der Waals surface area contributed by atoms with Crippen molar-refractivity contribution in [2.75, 3.05) is 26.2 Å². The van der Waals surface area contributed by atoms with Gasteiger partial charge in [0.15, 0.2) is 0 Å². The zero-order valence-corrected chi connectivity index (χ0v) is 21.0. The number of rotatable bonds is 7. The SMILES string of the molecule is CCN(CC)C1=CC2OC3=CC(=[N+](CC)CC)C=CC3C(c3ccccc3C(=O)O)=C2C=C1.[Cl-]. The molecule has 0 amide bonds. The van der Waals surface area contributed by atoms with Crippen LogP contribution in [0.1, 0.15) is 43.6 Å².